The Kier molecular flexibility index (Phi) is 16.9. The summed E-state index contributed by atoms with van der Waals surface area (Å²) < 4.78 is 4.93. The molecule has 0 radical (unpaired) electrons. The van der Waals surface area contributed by atoms with E-state index in [0.717, 1.165) is 25.8 Å². The van der Waals surface area contributed by atoms with Crippen LogP contribution in [-0.4, -0.2) is 25.7 Å². The fraction of sp³-hybridized carbons (Fsp3) is 0.909. The molecule has 0 aliphatic carbocycles. The summed E-state index contributed by atoms with van der Waals surface area (Å²) in [6.45, 7) is 9.92. The Hall–Kier alpha value is -0.570. The lowest BCUT2D eigenvalue weighted by Gasteiger charge is -2.03. The van der Waals surface area contributed by atoms with Crippen LogP contribution in [0.25, 0.3) is 0 Å². The highest BCUT2D eigenvalue weighted by Gasteiger charge is 1.99. The van der Waals surface area contributed by atoms with E-state index in [4.69, 9.17) is 4.74 Å². The summed E-state index contributed by atoms with van der Waals surface area (Å²) in [5, 5.41) is 2.99. The second-order valence-electron chi connectivity index (χ2n) is 2.75. The minimum absolute atomic E-state index is 0.142. The lowest BCUT2D eigenvalue weighted by molar-refractivity contribution is -0.142. The van der Waals surface area contributed by atoms with Crippen LogP contribution >= 0.6 is 0 Å². The highest BCUT2D eigenvalue weighted by atomic mass is 16.5. The van der Waals surface area contributed by atoms with Crippen molar-refractivity contribution in [3.05, 3.63) is 0 Å². The van der Waals surface area contributed by atoms with Crippen LogP contribution in [0.2, 0.25) is 0 Å². The van der Waals surface area contributed by atoms with Crippen molar-refractivity contribution in [2.75, 3.05) is 19.7 Å². The Labute approximate surface area is 88.2 Å². The van der Waals surface area contributed by atoms with Crippen LogP contribution in [0.15, 0.2) is 0 Å². The van der Waals surface area contributed by atoms with Gasteiger partial charge < -0.3 is 10.1 Å². The molecule has 3 nitrogen and oxygen atoms in total. The molecule has 14 heavy (non-hydrogen) atoms. The van der Waals surface area contributed by atoms with Gasteiger partial charge in [0.25, 0.3) is 0 Å². The first-order chi connectivity index (χ1) is 6.81. The van der Waals surface area contributed by atoms with Crippen LogP contribution in [0.1, 0.15) is 47.0 Å². The smallest absolute Gasteiger partial charge is 0.319 e. The van der Waals surface area contributed by atoms with E-state index >= 15 is 0 Å². The first-order valence-corrected chi connectivity index (χ1v) is 5.67. The van der Waals surface area contributed by atoms with Crippen molar-refractivity contribution in [2.45, 2.75) is 47.0 Å². The maximum atomic E-state index is 10.9. The van der Waals surface area contributed by atoms with Gasteiger partial charge >= 0.3 is 5.97 Å². The number of carbonyl (C=O) groups excluding carboxylic acids is 1. The van der Waals surface area contributed by atoms with E-state index in [1.165, 1.54) is 0 Å². The monoisotopic (exact) mass is 203 g/mol. The summed E-state index contributed by atoms with van der Waals surface area (Å²) in [6.07, 6.45) is 3.07. The van der Waals surface area contributed by atoms with Crippen LogP contribution in [0.5, 0.6) is 0 Å². The second kappa shape index (κ2) is 14.9. The Balaban J connectivity index is 0. The van der Waals surface area contributed by atoms with Gasteiger partial charge in [-0.2, -0.15) is 0 Å². The molecule has 0 aromatic heterocycles. The third-order valence-electron chi connectivity index (χ3n) is 1.46. The normalized spacial score (nSPS) is 8.86. The molecule has 0 rings (SSSR count). The Morgan fingerprint density at radius 3 is 2.36 bits per heavy atom. The van der Waals surface area contributed by atoms with Gasteiger partial charge in [0.1, 0.15) is 0 Å². The molecule has 0 spiro atoms. The molecule has 0 aromatic carbocycles. The van der Waals surface area contributed by atoms with E-state index in [1.54, 1.807) is 0 Å². The molecule has 0 saturated carbocycles. The predicted molar refractivity (Wildman–Crippen MR) is 60.4 cm³/mol. The molecule has 0 saturated heterocycles. The SMILES string of the molecule is CC.CCCCOC(=O)CNCCC. The molecular weight excluding hydrogens is 178 g/mol. The average Bonchev–Trinajstić information content (AvgIpc) is 2.22. The zero-order valence-electron chi connectivity index (χ0n) is 10.1. The fourth-order valence-corrected chi connectivity index (χ4v) is 0.749. The summed E-state index contributed by atoms with van der Waals surface area (Å²) in [4.78, 5) is 10.9. The number of carbonyl (C=O) groups is 1. The molecule has 0 aliphatic heterocycles. The van der Waals surface area contributed by atoms with Crippen molar-refractivity contribution < 1.29 is 9.53 Å². The topological polar surface area (TPSA) is 38.3 Å². The highest BCUT2D eigenvalue weighted by molar-refractivity contribution is 5.71. The first-order valence-electron chi connectivity index (χ1n) is 5.67. The Bertz CT molecular complexity index is 104. The van der Waals surface area contributed by atoms with Gasteiger partial charge in [-0.1, -0.05) is 34.1 Å². The average molecular weight is 203 g/mol. The number of ether oxygens (including phenoxy) is 1. The zero-order chi connectivity index (χ0) is 11.2. The minimum Gasteiger partial charge on any atom is -0.465 e. The van der Waals surface area contributed by atoms with Gasteiger partial charge in [0.15, 0.2) is 0 Å². The summed E-state index contributed by atoms with van der Waals surface area (Å²) in [5.74, 6) is -0.142. The summed E-state index contributed by atoms with van der Waals surface area (Å²) in [5.41, 5.74) is 0. The number of hydrogen-bond acceptors (Lipinski definition) is 3. The van der Waals surface area contributed by atoms with Crippen LogP contribution in [0.4, 0.5) is 0 Å². The molecule has 0 heterocycles. The molecule has 3 heteroatoms. The zero-order valence-corrected chi connectivity index (χ0v) is 10.1. The van der Waals surface area contributed by atoms with Crippen LogP contribution in [0, 0.1) is 0 Å². The van der Waals surface area contributed by atoms with Gasteiger partial charge in [-0.15, -0.1) is 0 Å². The van der Waals surface area contributed by atoms with Gasteiger partial charge in [-0.05, 0) is 19.4 Å². The lowest BCUT2D eigenvalue weighted by atomic mass is 10.4. The molecule has 0 aliphatic rings. The van der Waals surface area contributed by atoms with Gasteiger partial charge in [-0.3, -0.25) is 4.79 Å². The quantitative estimate of drug-likeness (QED) is 0.510. The maximum absolute atomic E-state index is 10.9. The first kappa shape index (κ1) is 15.9. The van der Waals surface area contributed by atoms with E-state index < -0.39 is 0 Å². The second-order valence-corrected chi connectivity index (χ2v) is 2.75. The Morgan fingerprint density at radius 2 is 1.86 bits per heavy atom. The lowest BCUT2D eigenvalue weighted by Crippen LogP contribution is -2.25. The van der Waals surface area contributed by atoms with Gasteiger partial charge in [0.05, 0.1) is 13.2 Å². The molecule has 0 atom stereocenters. The number of esters is 1. The standard InChI is InChI=1S/C9H19NO2.C2H6/c1-3-5-7-12-9(11)8-10-6-4-2;1-2/h10H,3-8H2,1-2H3;1-2H3. The van der Waals surface area contributed by atoms with Crippen molar-refractivity contribution in [3.63, 3.8) is 0 Å². The third kappa shape index (κ3) is 14.0. The van der Waals surface area contributed by atoms with Crippen LogP contribution in [0.3, 0.4) is 0 Å². The van der Waals surface area contributed by atoms with E-state index in [2.05, 4.69) is 19.2 Å². The fourth-order valence-electron chi connectivity index (χ4n) is 0.749. The minimum atomic E-state index is -0.142. The molecule has 1 N–H and O–H groups in total. The van der Waals surface area contributed by atoms with Gasteiger partial charge in [0.2, 0.25) is 0 Å². The number of hydrogen-bond donors (Lipinski definition) is 1. The molecule has 0 fully saturated rings. The number of rotatable bonds is 7. The molecule has 0 unspecified atom stereocenters. The molecule has 0 amide bonds. The van der Waals surface area contributed by atoms with Crippen LogP contribution < -0.4 is 5.32 Å². The number of unbranched alkanes of at least 4 members (excludes halogenated alkanes) is 1. The largest absolute Gasteiger partial charge is 0.465 e. The van der Waals surface area contributed by atoms with E-state index in [0.29, 0.717) is 13.2 Å². The van der Waals surface area contributed by atoms with Crippen molar-refractivity contribution in [3.8, 4) is 0 Å². The van der Waals surface area contributed by atoms with Crippen molar-refractivity contribution in [1.82, 2.24) is 5.32 Å². The van der Waals surface area contributed by atoms with Gasteiger partial charge in [0, 0.05) is 0 Å². The Morgan fingerprint density at radius 1 is 1.21 bits per heavy atom. The van der Waals surface area contributed by atoms with Crippen molar-refractivity contribution >= 4 is 5.97 Å². The molecule has 0 aromatic rings. The van der Waals surface area contributed by atoms with Crippen molar-refractivity contribution in [2.24, 2.45) is 0 Å². The molecular formula is C11H25NO2. The number of nitrogens with one attached hydrogen (secondary N) is 1. The summed E-state index contributed by atoms with van der Waals surface area (Å²) >= 11 is 0. The van der Waals surface area contributed by atoms with E-state index in [-0.39, 0.29) is 5.97 Å². The van der Waals surface area contributed by atoms with Crippen molar-refractivity contribution in [1.29, 1.82) is 0 Å². The molecule has 86 valence electrons. The molecule has 0 bridgehead atoms. The van der Waals surface area contributed by atoms with E-state index in [1.807, 2.05) is 13.8 Å². The van der Waals surface area contributed by atoms with Crippen LogP contribution in [-0.2, 0) is 9.53 Å². The predicted octanol–water partition coefficient (Wildman–Crippen LogP) is 2.36. The summed E-state index contributed by atoms with van der Waals surface area (Å²) in [7, 11) is 0. The maximum Gasteiger partial charge on any atom is 0.319 e. The van der Waals surface area contributed by atoms with Gasteiger partial charge in [-0.25, -0.2) is 0 Å². The highest BCUT2D eigenvalue weighted by Crippen LogP contribution is 1.87. The summed E-state index contributed by atoms with van der Waals surface area (Å²) in [6, 6.07) is 0. The third-order valence-corrected chi connectivity index (χ3v) is 1.46. The van der Waals surface area contributed by atoms with E-state index in [9.17, 15) is 4.79 Å².